The van der Waals surface area contributed by atoms with Crippen LogP contribution in [0.1, 0.15) is 56.2 Å². The topological polar surface area (TPSA) is 12.5 Å². The van der Waals surface area contributed by atoms with E-state index in [-0.39, 0.29) is 12.4 Å². The predicted molar refractivity (Wildman–Crippen MR) is 105 cm³/mol. The molecule has 3 rings (SSSR count). The number of fused-ring (bicyclic) bond motifs is 3. The fourth-order valence-electron chi connectivity index (χ4n) is 3.54. The summed E-state index contributed by atoms with van der Waals surface area (Å²) in [4.78, 5) is 2.63. The van der Waals surface area contributed by atoms with Gasteiger partial charge < -0.3 is 4.74 Å². The highest BCUT2D eigenvalue weighted by Gasteiger charge is 2.20. The van der Waals surface area contributed by atoms with Gasteiger partial charge in [0.1, 0.15) is 0 Å². The summed E-state index contributed by atoms with van der Waals surface area (Å²) < 4.78 is 5.79. The summed E-state index contributed by atoms with van der Waals surface area (Å²) in [5.74, 6) is 0. The number of nitrogens with zero attached hydrogens (tertiary/aromatic N) is 1. The van der Waals surface area contributed by atoms with Gasteiger partial charge in [-0.1, -0.05) is 51.0 Å². The third kappa shape index (κ3) is 4.30. The van der Waals surface area contributed by atoms with Gasteiger partial charge in [-0.05, 0) is 59.5 Å². The highest BCUT2D eigenvalue weighted by atomic mass is 35.5. The maximum absolute atomic E-state index is 5.79. The molecule has 0 unspecified atom stereocenters. The first-order valence-corrected chi connectivity index (χ1v) is 9.16. The van der Waals surface area contributed by atoms with Crippen LogP contribution >= 0.6 is 12.4 Å². The van der Waals surface area contributed by atoms with E-state index >= 15 is 0 Å². The lowest BCUT2D eigenvalue weighted by molar-refractivity contribution is 0.134. The third-order valence-corrected chi connectivity index (χ3v) is 4.91. The van der Waals surface area contributed by atoms with E-state index < -0.39 is 0 Å². The van der Waals surface area contributed by atoms with Gasteiger partial charge in [0.15, 0.2) is 0 Å². The van der Waals surface area contributed by atoms with Crippen LogP contribution in [0.4, 0.5) is 0 Å². The number of halogens is 1. The van der Waals surface area contributed by atoms with Crippen molar-refractivity contribution in [3.8, 4) is 0 Å². The highest BCUT2D eigenvalue weighted by molar-refractivity contribution is 5.88. The zero-order valence-corrected chi connectivity index (χ0v) is 15.8. The molecule has 1 aliphatic rings. The molecular weight excluding hydrogens is 318 g/mol. The molecule has 24 heavy (non-hydrogen) atoms. The van der Waals surface area contributed by atoms with Gasteiger partial charge in [-0.3, -0.25) is 4.90 Å². The molecule has 0 bridgehead atoms. The maximum atomic E-state index is 5.79. The first-order valence-electron chi connectivity index (χ1n) is 9.16. The van der Waals surface area contributed by atoms with Crippen molar-refractivity contribution >= 4 is 23.2 Å². The molecule has 0 spiro atoms. The smallest absolute Gasteiger partial charge is 0.0731 e. The Labute approximate surface area is 152 Å². The van der Waals surface area contributed by atoms with Gasteiger partial charge in [-0.25, -0.2) is 0 Å². The Morgan fingerprint density at radius 2 is 1.62 bits per heavy atom. The molecule has 0 fully saturated rings. The Morgan fingerprint density at radius 3 is 2.33 bits per heavy atom. The summed E-state index contributed by atoms with van der Waals surface area (Å²) in [6.07, 6.45) is 5.11. The first kappa shape index (κ1) is 19.2. The Morgan fingerprint density at radius 1 is 0.958 bits per heavy atom. The van der Waals surface area contributed by atoms with E-state index in [1.54, 1.807) is 0 Å². The van der Waals surface area contributed by atoms with Crippen LogP contribution in [0.3, 0.4) is 0 Å². The van der Waals surface area contributed by atoms with Gasteiger partial charge in [-0.2, -0.15) is 0 Å². The molecule has 0 aromatic heterocycles. The number of ether oxygens (including phenoxy) is 1. The molecule has 2 aromatic carbocycles. The summed E-state index contributed by atoms with van der Waals surface area (Å²) in [6.45, 7) is 9.59. The van der Waals surface area contributed by atoms with Gasteiger partial charge in [0.2, 0.25) is 0 Å². The molecule has 132 valence electrons. The normalized spacial score (nSPS) is 13.3. The van der Waals surface area contributed by atoms with Crippen LogP contribution in [0.25, 0.3) is 10.8 Å². The van der Waals surface area contributed by atoms with Gasteiger partial charge in [-0.15, -0.1) is 12.4 Å². The van der Waals surface area contributed by atoms with Crippen LogP contribution in [0, 0.1) is 0 Å². The van der Waals surface area contributed by atoms with Gasteiger partial charge in [0.25, 0.3) is 0 Å². The molecule has 0 aliphatic carbocycles. The maximum Gasteiger partial charge on any atom is 0.0731 e. The minimum Gasteiger partial charge on any atom is -0.372 e. The van der Waals surface area contributed by atoms with Gasteiger partial charge in [0.05, 0.1) is 13.2 Å². The Balaban J connectivity index is 0.00000208. The largest absolute Gasteiger partial charge is 0.372 e. The van der Waals surface area contributed by atoms with Crippen molar-refractivity contribution in [3.05, 3.63) is 47.0 Å². The van der Waals surface area contributed by atoms with E-state index in [0.717, 1.165) is 19.8 Å². The summed E-state index contributed by atoms with van der Waals surface area (Å²) in [7, 11) is 0. The summed E-state index contributed by atoms with van der Waals surface area (Å²) in [5.41, 5.74) is 4.34. The summed E-state index contributed by atoms with van der Waals surface area (Å²) in [6, 6.07) is 11.1. The van der Waals surface area contributed by atoms with Crippen LogP contribution in [0.15, 0.2) is 30.3 Å². The minimum atomic E-state index is 0. The van der Waals surface area contributed by atoms with Crippen LogP contribution in [-0.2, 0) is 24.5 Å². The zero-order valence-electron chi connectivity index (χ0n) is 15.0. The second-order valence-corrected chi connectivity index (χ2v) is 6.69. The lowest BCUT2D eigenvalue weighted by Gasteiger charge is -2.23. The summed E-state index contributed by atoms with van der Waals surface area (Å²) >= 11 is 0. The Hall–Kier alpha value is -1.09. The lowest BCUT2D eigenvalue weighted by atomic mass is 9.95. The molecule has 0 N–H and O–H groups in total. The van der Waals surface area contributed by atoms with Crippen molar-refractivity contribution in [1.29, 1.82) is 0 Å². The van der Waals surface area contributed by atoms with Crippen molar-refractivity contribution in [2.45, 2.75) is 59.3 Å². The average Bonchev–Trinajstić information content (AvgIpc) is 3.07. The average molecular weight is 348 g/mol. The van der Waals surface area contributed by atoms with Crippen molar-refractivity contribution in [2.75, 3.05) is 13.1 Å². The molecule has 2 nitrogen and oxygen atoms in total. The van der Waals surface area contributed by atoms with E-state index in [9.17, 15) is 0 Å². The van der Waals surface area contributed by atoms with E-state index in [1.165, 1.54) is 66.2 Å². The van der Waals surface area contributed by atoms with Crippen LogP contribution in [0.2, 0.25) is 0 Å². The molecule has 1 aliphatic heterocycles. The van der Waals surface area contributed by atoms with Gasteiger partial charge in [0, 0.05) is 6.54 Å². The van der Waals surface area contributed by atoms with Crippen LogP contribution in [0.5, 0.6) is 0 Å². The first-order chi connectivity index (χ1) is 11.3. The summed E-state index contributed by atoms with van der Waals surface area (Å²) in [5, 5.41) is 2.73. The number of rotatable bonds is 8. The number of hydrogen-bond donors (Lipinski definition) is 0. The molecule has 0 saturated carbocycles. The fraction of sp³-hybridized carbons (Fsp3) is 0.524. The molecule has 0 radical (unpaired) electrons. The highest BCUT2D eigenvalue weighted by Crippen LogP contribution is 2.32. The van der Waals surface area contributed by atoms with Crippen molar-refractivity contribution in [3.63, 3.8) is 0 Å². The monoisotopic (exact) mass is 347 g/mol. The second-order valence-electron chi connectivity index (χ2n) is 6.69. The van der Waals surface area contributed by atoms with Crippen LogP contribution < -0.4 is 0 Å². The van der Waals surface area contributed by atoms with E-state index in [2.05, 4.69) is 49.1 Å². The molecule has 0 amide bonds. The van der Waals surface area contributed by atoms with E-state index in [1.807, 2.05) is 0 Å². The Bertz CT molecular complexity index is 648. The SMILES string of the molecule is CCCCN(CCCC)Cc1cc2ccccc2c2c1COC2.Cl. The molecular formula is C21H30ClNO. The third-order valence-electron chi connectivity index (χ3n) is 4.91. The number of benzene rings is 2. The van der Waals surface area contributed by atoms with Gasteiger partial charge >= 0.3 is 0 Å². The quantitative estimate of drug-likeness (QED) is 0.607. The van der Waals surface area contributed by atoms with E-state index in [4.69, 9.17) is 4.74 Å². The number of unbranched alkanes of at least 4 members (excludes halogenated alkanes) is 2. The zero-order chi connectivity index (χ0) is 16.1. The van der Waals surface area contributed by atoms with E-state index in [0.29, 0.717) is 0 Å². The molecule has 3 heteroatoms. The second kappa shape index (κ2) is 9.41. The Kier molecular flexibility index (Phi) is 7.54. The van der Waals surface area contributed by atoms with Crippen molar-refractivity contribution < 1.29 is 4.74 Å². The molecule has 1 heterocycles. The molecule has 2 aromatic rings. The van der Waals surface area contributed by atoms with Crippen molar-refractivity contribution in [1.82, 2.24) is 4.90 Å². The predicted octanol–water partition coefficient (Wildman–Crippen LogP) is 5.69. The standard InChI is InChI=1S/C21H29NO.ClH/c1-3-5-11-22(12-6-4-2)14-18-13-17-9-7-8-10-19(17)21-16-23-15-20(18)21;/h7-10,13H,3-6,11-12,14-16H2,1-2H3;1H. The van der Waals surface area contributed by atoms with Crippen LogP contribution in [-0.4, -0.2) is 18.0 Å². The molecule has 0 atom stereocenters. The lowest BCUT2D eigenvalue weighted by Crippen LogP contribution is -2.26. The number of hydrogen-bond acceptors (Lipinski definition) is 2. The fourth-order valence-corrected chi connectivity index (χ4v) is 3.54. The minimum absolute atomic E-state index is 0. The van der Waals surface area contributed by atoms with Crippen molar-refractivity contribution in [2.24, 2.45) is 0 Å². The molecule has 0 saturated heterocycles.